The second-order valence-electron chi connectivity index (χ2n) is 8.96. The molecule has 0 bridgehead atoms. The first kappa shape index (κ1) is 23.1. The molecular weight excluding hydrogens is 412 g/mol. The monoisotopic (exact) mass is 444 g/mol. The van der Waals surface area contributed by atoms with Crippen LogP contribution < -0.4 is 4.74 Å². The zero-order chi connectivity index (χ0) is 23.0. The molecule has 1 fully saturated rings. The van der Waals surface area contributed by atoms with Crippen LogP contribution in [0.5, 0.6) is 5.75 Å². The topological polar surface area (TPSA) is 55.8 Å². The molecule has 0 saturated heterocycles. The van der Waals surface area contributed by atoms with Crippen LogP contribution in [0.2, 0.25) is 0 Å². The zero-order valence-corrected chi connectivity index (χ0v) is 19.3. The van der Waals surface area contributed by atoms with E-state index in [0.29, 0.717) is 24.7 Å². The predicted molar refractivity (Wildman–Crippen MR) is 131 cm³/mol. The Morgan fingerprint density at radius 1 is 0.879 bits per heavy atom. The lowest BCUT2D eigenvalue weighted by molar-refractivity contribution is 0.0697. The van der Waals surface area contributed by atoms with Crippen LogP contribution in [0.25, 0.3) is 11.1 Å². The predicted octanol–water partition coefficient (Wildman–Crippen LogP) is 7.04. The first-order valence-electron chi connectivity index (χ1n) is 11.8. The smallest absolute Gasteiger partial charge is 0.336 e. The fourth-order valence-corrected chi connectivity index (χ4v) is 4.55. The van der Waals surface area contributed by atoms with Crippen LogP contribution in [0.4, 0.5) is 0 Å². The van der Waals surface area contributed by atoms with Gasteiger partial charge in [0.1, 0.15) is 5.75 Å². The minimum Gasteiger partial charge on any atom is -0.493 e. The highest BCUT2D eigenvalue weighted by Gasteiger charge is 2.15. The van der Waals surface area contributed by atoms with E-state index in [-0.39, 0.29) is 0 Å². The Balaban J connectivity index is 1.38. The number of rotatable bonds is 9. The number of carboxylic acid groups (broad SMARTS) is 1. The molecule has 4 nitrogen and oxygen atoms in total. The lowest BCUT2D eigenvalue weighted by atomic mass is 9.90. The van der Waals surface area contributed by atoms with E-state index in [9.17, 15) is 9.90 Å². The van der Waals surface area contributed by atoms with Gasteiger partial charge in [0, 0.05) is 0 Å². The number of aryl methyl sites for hydroxylation is 1. The summed E-state index contributed by atoms with van der Waals surface area (Å²) in [6.45, 7) is 3.67. The number of carboxylic acids is 1. The van der Waals surface area contributed by atoms with E-state index < -0.39 is 5.97 Å². The molecule has 0 heterocycles. The fourth-order valence-electron chi connectivity index (χ4n) is 4.55. The highest BCUT2D eigenvalue weighted by atomic mass is 16.5. The van der Waals surface area contributed by atoms with E-state index in [1.165, 1.54) is 32.1 Å². The summed E-state index contributed by atoms with van der Waals surface area (Å²) in [5, 5.41) is 9.64. The van der Waals surface area contributed by atoms with Gasteiger partial charge >= 0.3 is 5.97 Å². The van der Waals surface area contributed by atoms with Gasteiger partial charge in [-0.05, 0) is 77.8 Å². The van der Waals surface area contributed by atoms with Crippen LogP contribution in [0.15, 0.2) is 66.7 Å². The third-order valence-corrected chi connectivity index (χ3v) is 6.40. The molecule has 0 spiro atoms. The maximum Gasteiger partial charge on any atom is 0.336 e. The Labute approximate surface area is 196 Å². The molecule has 4 heteroatoms. The Kier molecular flexibility index (Phi) is 7.79. The van der Waals surface area contributed by atoms with Crippen molar-refractivity contribution in [2.45, 2.75) is 52.2 Å². The molecule has 0 aromatic heterocycles. The molecular formula is C29H32O4. The molecule has 4 rings (SSSR count). The molecule has 33 heavy (non-hydrogen) atoms. The Morgan fingerprint density at radius 3 is 2.39 bits per heavy atom. The largest absolute Gasteiger partial charge is 0.493 e. The van der Waals surface area contributed by atoms with Crippen LogP contribution >= 0.6 is 0 Å². The summed E-state index contributed by atoms with van der Waals surface area (Å²) >= 11 is 0. The summed E-state index contributed by atoms with van der Waals surface area (Å²) in [6, 6.07) is 21.4. The van der Waals surface area contributed by atoms with Crippen LogP contribution in [0, 0.1) is 12.8 Å². The Morgan fingerprint density at radius 2 is 1.64 bits per heavy atom. The highest BCUT2D eigenvalue weighted by Crippen LogP contribution is 2.29. The average Bonchev–Trinajstić information content (AvgIpc) is 2.84. The van der Waals surface area contributed by atoms with Crippen molar-refractivity contribution in [3.63, 3.8) is 0 Å². The van der Waals surface area contributed by atoms with Gasteiger partial charge in [0.2, 0.25) is 0 Å². The molecule has 0 unspecified atom stereocenters. The minimum atomic E-state index is -0.925. The van der Waals surface area contributed by atoms with E-state index in [4.69, 9.17) is 9.47 Å². The summed E-state index contributed by atoms with van der Waals surface area (Å²) in [4.78, 5) is 11.8. The van der Waals surface area contributed by atoms with Crippen LogP contribution in [-0.2, 0) is 18.0 Å². The van der Waals surface area contributed by atoms with Gasteiger partial charge < -0.3 is 14.6 Å². The van der Waals surface area contributed by atoms with Crippen molar-refractivity contribution in [3.8, 4) is 16.9 Å². The van der Waals surface area contributed by atoms with E-state index in [2.05, 4.69) is 6.07 Å². The maximum absolute atomic E-state index is 11.8. The molecule has 172 valence electrons. The van der Waals surface area contributed by atoms with Gasteiger partial charge in [0.05, 0.1) is 25.4 Å². The summed E-state index contributed by atoms with van der Waals surface area (Å²) < 4.78 is 12.0. The lowest BCUT2D eigenvalue weighted by Gasteiger charge is -2.21. The van der Waals surface area contributed by atoms with Crippen molar-refractivity contribution in [2.75, 3.05) is 6.61 Å². The second kappa shape index (κ2) is 11.2. The number of benzene rings is 3. The summed E-state index contributed by atoms with van der Waals surface area (Å²) in [5.41, 5.74) is 5.01. The maximum atomic E-state index is 11.8. The van der Waals surface area contributed by atoms with Gasteiger partial charge in [-0.15, -0.1) is 0 Å². The molecule has 1 saturated carbocycles. The fraction of sp³-hybridized carbons (Fsp3) is 0.345. The summed E-state index contributed by atoms with van der Waals surface area (Å²) in [6.07, 6.45) is 6.54. The number of hydrogen-bond donors (Lipinski definition) is 1. The van der Waals surface area contributed by atoms with Crippen molar-refractivity contribution < 1.29 is 19.4 Å². The third kappa shape index (κ3) is 6.23. The molecule has 1 aliphatic rings. The molecule has 0 aliphatic heterocycles. The third-order valence-electron chi connectivity index (χ3n) is 6.40. The molecule has 0 atom stereocenters. The first-order valence-corrected chi connectivity index (χ1v) is 11.8. The Hall–Kier alpha value is -3.11. The van der Waals surface area contributed by atoms with E-state index in [1.54, 1.807) is 6.07 Å². The van der Waals surface area contributed by atoms with Crippen molar-refractivity contribution in [1.29, 1.82) is 0 Å². The highest BCUT2D eigenvalue weighted by molar-refractivity contribution is 5.96. The lowest BCUT2D eigenvalue weighted by Crippen LogP contribution is -2.15. The standard InChI is InChI=1S/C29H32O4/c1-21-8-5-6-13-26(21)28-17-24(14-15-27(28)29(30)31)19-32-18-23-11-7-12-25(16-23)33-20-22-9-3-2-4-10-22/h5-8,11-17,22H,2-4,9-10,18-20H2,1H3,(H,30,31). The number of carbonyl (C=O) groups is 1. The van der Waals surface area contributed by atoms with Gasteiger partial charge in [0.25, 0.3) is 0 Å². The molecule has 3 aromatic carbocycles. The van der Waals surface area contributed by atoms with Gasteiger partial charge in [-0.2, -0.15) is 0 Å². The average molecular weight is 445 g/mol. The normalized spacial score (nSPS) is 14.2. The molecule has 0 amide bonds. The quantitative estimate of drug-likeness (QED) is 0.385. The van der Waals surface area contributed by atoms with Gasteiger partial charge in [-0.3, -0.25) is 0 Å². The zero-order valence-electron chi connectivity index (χ0n) is 19.3. The van der Waals surface area contributed by atoms with Crippen LogP contribution in [0.1, 0.15) is 59.2 Å². The van der Waals surface area contributed by atoms with E-state index in [1.807, 2.05) is 61.5 Å². The molecule has 1 N–H and O–H groups in total. The van der Waals surface area contributed by atoms with Crippen molar-refractivity contribution in [2.24, 2.45) is 5.92 Å². The molecule has 1 aliphatic carbocycles. The van der Waals surface area contributed by atoms with Crippen molar-refractivity contribution >= 4 is 5.97 Å². The molecule has 3 aromatic rings. The summed E-state index contributed by atoms with van der Waals surface area (Å²) in [7, 11) is 0. The van der Waals surface area contributed by atoms with E-state index in [0.717, 1.165) is 40.2 Å². The minimum absolute atomic E-state index is 0.302. The van der Waals surface area contributed by atoms with Gasteiger partial charge in [-0.25, -0.2) is 4.79 Å². The van der Waals surface area contributed by atoms with Gasteiger partial charge in [-0.1, -0.05) is 61.7 Å². The number of hydrogen-bond acceptors (Lipinski definition) is 3. The Bertz CT molecular complexity index is 1080. The number of ether oxygens (including phenoxy) is 2. The van der Waals surface area contributed by atoms with Gasteiger partial charge in [0.15, 0.2) is 0 Å². The van der Waals surface area contributed by atoms with Crippen molar-refractivity contribution in [3.05, 3.63) is 89.0 Å². The van der Waals surface area contributed by atoms with Crippen LogP contribution in [0.3, 0.4) is 0 Å². The second-order valence-corrected chi connectivity index (χ2v) is 8.96. The molecule has 0 radical (unpaired) electrons. The number of aromatic carboxylic acids is 1. The SMILES string of the molecule is Cc1ccccc1-c1cc(COCc2cccc(OCC3CCCCC3)c2)ccc1C(=O)O. The van der Waals surface area contributed by atoms with E-state index >= 15 is 0 Å². The first-order chi connectivity index (χ1) is 16.1. The summed E-state index contributed by atoms with van der Waals surface area (Å²) in [5.74, 6) is 0.648. The van der Waals surface area contributed by atoms with Crippen molar-refractivity contribution in [1.82, 2.24) is 0 Å². The van der Waals surface area contributed by atoms with Crippen LogP contribution in [-0.4, -0.2) is 17.7 Å².